The van der Waals surface area contributed by atoms with E-state index in [9.17, 15) is 18.0 Å². The van der Waals surface area contributed by atoms with Crippen molar-refractivity contribution in [1.82, 2.24) is 10.2 Å². The number of carbonyl (C=O) groups excluding carboxylic acids is 2. The SMILES string of the molecule is CC(C)(C)NC(=O)C(Cc1ccccc1)N(Cc1ccc(Cl)c(Cl)c1)C(=O)CCCN(c1ccc2c(c1)OCCO2)S(C)(=O)=O. The lowest BCUT2D eigenvalue weighted by molar-refractivity contribution is -0.142. The molecule has 0 saturated heterocycles. The Morgan fingerprint density at radius 3 is 2.24 bits per heavy atom. The number of nitrogens with zero attached hydrogens (tertiary/aromatic N) is 2. The quantitative estimate of drug-likeness (QED) is 0.258. The number of halogens is 2. The fourth-order valence-electron chi connectivity index (χ4n) is 5.03. The third-order valence-corrected chi connectivity index (χ3v) is 9.01. The molecule has 1 aliphatic rings. The van der Waals surface area contributed by atoms with E-state index in [4.69, 9.17) is 32.7 Å². The molecule has 45 heavy (non-hydrogen) atoms. The highest BCUT2D eigenvalue weighted by molar-refractivity contribution is 7.92. The first-order valence-electron chi connectivity index (χ1n) is 14.7. The van der Waals surface area contributed by atoms with Crippen molar-refractivity contribution in [2.75, 3.05) is 30.3 Å². The van der Waals surface area contributed by atoms with E-state index in [1.165, 1.54) is 4.31 Å². The fraction of sp³-hybridized carbons (Fsp3) is 0.394. The molecule has 4 rings (SSSR count). The lowest BCUT2D eigenvalue weighted by atomic mass is 10.00. The maximum absolute atomic E-state index is 14.0. The molecule has 12 heteroatoms. The molecule has 1 N–H and O–H groups in total. The van der Waals surface area contributed by atoms with Gasteiger partial charge in [-0.25, -0.2) is 8.42 Å². The first-order chi connectivity index (χ1) is 21.2. The van der Waals surface area contributed by atoms with Crippen LogP contribution in [0.1, 0.15) is 44.7 Å². The van der Waals surface area contributed by atoms with Gasteiger partial charge >= 0.3 is 0 Å². The largest absolute Gasteiger partial charge is 0.486 e. The fourth-order valence-corrected chi connectivity index (χ4v) is 6.31. The number of rotatable bonds is 12. The van der Waals surface area contributed by atoms with Crippen molar-refractivity contribution in [3.63, 3.8) is 0 Å². The Bertz CT molecular complexity index is 1610. The van der Waals surface area contributed by atoms with Crippen LogP contribution in [0.5, 0.6) is 11.5 Å². The molecule has 9 nitrogen and oxygen atoms in total. The molecule has 1 atom stereocenters. The van der Waals surface area contributed by atoms with Crippen molar-refractivity contribution in [1.29, 1.82) is 0 Å². The van der Waals surface area contributed by atoms with Crippen molar-refractivity contribution in [2.45, 2.75) is 58.2 Å². The molecule has 0 radical (unpaired) electrons. The number of carbonyl (C=O) groups is 2. The molecule has 0 spiro atoms. The molecule has 1 unspecified atom stereocenters. The van der Waals surface area contributed by atoms with E-state index < -0.39 is 21.6 Å². The smallest absolute Gasteiger partial charge is 0.243 e. The summed E-state index contributed by atoms with van der Waals surface area (Å²) >= 11 is 12.5. The Kier molecular flexibility index (Phi) is 11.3. The number of benzene rings is 3. The molecule has 0 saturated carbocycles. The molecule has 0 fully saturated rings. The van der Waals surface area contributed by atoms with Gasteiger partial charge in [-0.05, 0) is 62.6 Å². The van der Waals surface area contributed by atoms with Crippen LogP contribution in [0.2, 0.25) is 10.0 Å². The lowest BCUT2D eigenvalue weighted by Crippen LogP contribution is -2.54. The van der Waals surface area contributed by atoms with Crippen LogP contribution < -0.4 is 19.1 Å². The number of fused-ring (bicyclic) bond motifs is 1. The highest BCUT2D eigenvalue weighted by atomic mass is 35.5. The van der Waals surface area contributed by atoms with E-state index in [0.717, 1.165) is 11.8 Å². The third kappa shape index (κ3) is 9.76. The minimum absolute atomic E-state index is 0.00796. The summed E-state index contributed by atoms with van der Waals surface area (Å²) in [6.07, 6.45) is 1.60. The van der Waals surface area contributed by atoms with Gasteiger partial charge in [-0.15, -0.1) is 0 Å². The number of amides is 2. The second kappa shape index (κ2) is 14.7. The van der Waals surface area contributed by atoms with Gasteiger partial charge in [0, 0.05) is 37.5 Å². The molecule has 242 valence electrons. The molecule has 1 heterocycles. The van der Waals surface area contributed by atoms with Gasteiger partial charge in [0.1, 0.15) is 19.3 Å². The maximum atomic E-state index is 14.0. The van der Waals surface area contributed by atoms with Crippen molar-refractivity contribution in [3.05, 3.63) is 87.9 Å². The van der Waals surface area contributed by atoms with Crippen LogP contribution in [0.25, 0.3) is 0 Å². The summed E-state index contributed by atoms with van der Waals surface area (Å²) in [4.78, 5) is 29.4. The normalized spacial score (nSPS) is 13.6. The zero-order chi connectivity index (χ0) is 32.8. The maximum Gasteiger partial charge on any atom is 0.243 e. The van der Waals surface area contributed by atoms with Gasteiger partial charge in [0.2, 0.25) is 21.8 Å². The van der Waals surface area contributed by atoms with Crippen LogP contribution >= 0.6 is 23.2 Å². The van der Waals surface area contributed by atoms with Gasteiger partial charge in [0.25, 0.3) is 0 Å². The number of hydrogen-bond donors (Lipinski definition) is 1. The predicted molar refractivity (Wildman–Crippen MR) is 178 cm³/mol. The van der Waals surface area contributed by atoms with Crippen molar-refractivity contribution in [2.24, 2.45) is 0 Å². The van der Waals surface area contributed by atoms with Gasteiger partial charge in [-0.1, -0.05) is 59.6 Å². The second-order valence-electron chi connectivity index (χ2n) is 12.0. The van der Waals surface area contributed by atoms with Gasteiger partial charge in [0.15, 0.2) is 11.5 Å². The van der Waals surface area contributed by atoms with E-state index in [-0.39, 0.29) is 44.2 Å². The van der Waals surface area contributed by atoms with Gasteiger partial charge in [-0.3, -0.25) is 13.9 Å². The molecule has 3 aromatic carbocycles. The Balaban J connectivity index is 1.61. The van der Waals surface area contributed by atoms with Crippen LogP contribution in [-0.4, -0.2) is 62.7 Å². The average molecular weight is 677 g/mol. The van der Waals surface area contributed by atoms with Crippen molar-refractivity contribution in [3.8, 4) is 11.5 Å². The van der Waals surface area contributed by atoms with E-state index in [2.05, 4.69) is 5.32 Å². The minimum Gasteiger partial charge on any atom is -0.486 e. The van der Waals surface area contributed by atoms with Gasteiger partial charge in [-0.2, -0.15) is 0 Å². The zero-order valence-electron chi connectivity index (χ0n) is 25.9. The van der Waals surface area contributed by atoms with Crippen LogP contribution in [0, 0.1) is 0 Å². The van der Waals surface area contributed by atoms with Crippen LogP contribution in [0.3, 0.4) is 0 Å². The van der Waals surface area contributed by atoms with E-state index in [1.54, 1.807) is 41.3 Å². The first kappa shape index (κ1) is 34.4. The monoisotopic (exact) mass is 675 g/mol. The summed E-state index contributed by atoms with van der Waals surface area (Å²) in [5.41, 5.74) is 1.46. The Labute approximate surface area is 275 Å². The second-order valence-corrected chi connectivity index (χ2v) is 14.7. The summed E-state index contributed by atoms with van der Waals surface area (Å²) in [5.74, 6) is 0.407. The summed E-state index contributed by atoms with van der Waals surface area (Å²) in [6.45, 7) is 6.58. The number of hydrogen-bond acceptors (Lipinski definition) is 6. The van der Waals surface area contributed by atoms with Crippen molar-refractivity contribution < 1.29 is 27.5 Å². The first-order valence-corrected chi connectivity index (χ1v) is 17.3. The zero-order valence-corrected chi connectivity index (χ0v) is 28.2. The minimum atomic E-state index is -3.69. The summed E-state index contributed by atoms with van der Waals surface area (Å²) in [7, 11) is -3.69. The van der Waals surface area contributed by atoms with Crippen LogP contribution in [0.15, 0.2) is 66.7 Å². The van der Waals surface area contributed by atoms with E-state index >= 15 is 0 Å². The lowest BCUT2D eigenvalue weighted by Gasteiger charge is -2.34. The van der Waals surface area contributed by atoms with E-state index in [0.29, 0.717) is 46.0 Å². The topological polar surface area (TPSA) is 105 Å². The molecule has 0 aliphatic carbocycles. The molecular weight excluding hydrogens is 637 g/mol. The average Bonchev–Trinajstić information content (AvgIpc) is 2.97. The molecule has 1 aliphatic heterocycles. The molecule has 2 amide bonds. The molecule has 3 aromatic rings. The molecule has 0 aromatic heterocycles. The number of sulfonamides is 1. The number of ether oxygens (including phenoxy) is 2. The Morgan fingerprint density at radius 2 is 1.60 bits per heavy atom. The highest BCUT2D eigenvalue weighted by Gasteiger charge is 2.32. The number of nitrogens with one attached hydrogen (secondary N) is 1. The molecule has 0 bridgehead atoms. The van der Waals surface area contributed by atoms with Crippen LogP contribution in [0.4, 0.5) is 5.69 Å². The van der Waals surface area contributed by atoms with Gasteiger partial charge < -0.3 is 19.7 Å². The summed E-state index contributed by atoms with van der Waals surface area (Å²) < 4.78 is 38.1. The molecular formula is C33H39Cl2N3O6S. The predicted octanol–water partition coefficient (Wildman–Crippen LogP) is 5.87. The summed E-state index contributed by atoms with van der Waals surface area (Å²) in [6, 6.07) is 18.7. The van der Waals surface area contributed by atoms with Crippen molar-refractivity contribution >= 4 is 50.7 Å². The van der Waals surface area contributed by atoms with Crippen LogP contribution in [-0.2, 0) is 32.6 Å². The third-order valence-electron chi connectivity index (χ3n) is 7.07. The Morgan fingerprint density at radius 1 is 0.911 bits per heavy atom. The summed E-state index contributed by atoms with van der Waals surface area (Å²) in [5, 5.41) is 3.75. The highest BCUT2D eigenvalue weighted by Crippen LogP contribution is 2.35. The van der Waals surface area contributed by atoms with E-state index in [1.807, 2.05) is 51.1 Å². The van der Waals surface area contributed by atoms with Gasteiger partial charge in [0.05, 0.1) is 22.0 Å². The Hall–Kier alpha value is -3.47. The standard InChI is InChI=1S/C33H39Cl2N3O6S/c1-33(2,3)36-32(40)28(20-23-9-6-5-7-10-23)37(22-24-12-14-26(34)27(35)19-24)31(39)11-8-16-38(45(4,41)42)25-13-15-29-30(21-25)44-18-17-43-29/h5-7,9-10,12-15,19,21,28H,8,11,16-18,20,22H2,1-4H3,(H,36,40). The number of anilines is 1.